The first-order valence-corrected chi connectivity index (χ1v) is 13.0. The van der Waals surface area contributed by atoms with Crippen molar-refractivity contribution in [1.82, 2.24) is 15.1 Å². The number of halogens is 1. The average molecular weight is 498 g/mol. The van der Waals surface area contributed by atoms with Crippen molar-refractivity contribution < 1.29 is 14.0 Å². The quantitative estimate of drug-likeness (QED) is 0.525. The molecule has 2 aliphatic rings. The zero-order valence-electron chi connectivity index (χ0n) is 22.4. The third kappa shape index (κ3) is 5.48. The lowest BCUT2D eigenvalue weighted by molar-refractivity contribution is 0.0909. The molecule has 4 N–H and O–H groups in total. The minimum atomic E-state index is -0.813. The van der Waals surface area contributed by atoms with Crippen LogP contribution in [0.15, 0.2) is 12.1 Å². The second-order valence-corrected chi connectivity index (χ2v) is 12.6. The summed E-state index contributed by atoms with van der Waals surface area (Å²) in [6.07, 6.45) is 5.20. The largest absolute Gasteiger partial charge is 0.380 e. The molecule has 4 rings (SSSR count). The Morgan fingerprint density at radius 3 is 2.50 bits per heavy atom. The first kappa shape index (κ1) is 26.3. The highest BCUT2D eigenvalue weighted by molar-refractivity contribution is 6.00. The van der Waals surface area contributed by atoms with Gasteiger partial charge in [-0.2, -0.15) is 5.10 Å². The van der Waals surface area contributed by atoms with E-state index in [4.69, 9.17) is 5.73 Å². The molecular weight excluding hydrogens is 457 g/mol. The van der Waals surface area contributed by atoms with Gasteiger partial charge in [0.1, 0.15) is 5.82 Å². The van der Waals surface area contributed by atoms with Gasteiger partial charge in [0.05, 0.1) is 33.9 Å². The number of primary amides is 1. The van der Waals surface area contributed by atoms with Crippen molar-refractivity contribution in [3.8, 4) is 5.69 Å². The van der Waals surface area contributed by atoms with Gasteiger partial charge < -0.3 is 16.4 Å². The molecule has 0 spiro atoms. The molecule has 1 amide bonds. The number of amides is 1. The van der Waals surface area contributed by atoms with E-state index in [1.807, 2.05) is 6.92 Å². The predicted octanol–water partition coefficient (Wildman–Crippen LogP) is 4.93. The number of carbonyl (C=O) groups is 2. The van der Waals surface area contributed by atoms with Crippen LogP contribution in [0, 0.1) is 23.6 Å². The molecule has 1 heterocycles. The maximum atomic E-state index is 15.4. The van der Waals surface area contributed by atoms with Gasteiger partial charge in [-0.05, 0) is 43.1 Å². The zero-order valence-corrected chi connectivity index (χ0v) is 22.4. The molecule has 1 aromatic carbocycles. The smallest absolute Gasteiger partial charge is 0.253 e. The molecule has 2 aliphatic carbocycles. The Kier molecular flexibility index (Phi) is 7.03. The van der Waals surface area contributed by atoms with E-state index < -0.39 is 11.7 Å². The minimum Gasteiger partial charge on any atom is -0.380 e. The van der Waals surface area contributed by atoms with Crippen LogP contribution in [0.4, 0.5) is 10.1 Å². The van der Waals surface area contributed by atoms with E-state index in [-0.39, 0.29) is 34.3 Å². The number of anilines is 1. The molecule has 7 nitrogen and oxygen atoms in total. The molecule has 1 fully saturated rings. The number of nitrogens with one attached hydrogen (secondary N) is 2. The highest BCUT2D eigenvalue weighted by atomic mass is 19.1. The lowest BCUT2D eigenvalue weighted by Crippen LogP contribution is -2.48. The van der Waals surface area contributed by atoms with Crippen LogP contribution in [0.1, 0.15) is 98.8 Å². The highest BCUT2D eigenvalue weighted by Crippen LogP contribution is 2.38. The van der Waals surface area contributed by atoms with Gasteiger partial charge in [0.15, 0.2) is 5.78 Å². The van der Waals surface area contributed by atoms with Crippen molar-refractivity contribution in [1.29, 1.82) is 0 Å². The van der Waals surface area contributed by atoms with Crippen molar-refractivity contribution in [3.63, 3.8) is 0 Å². The third-order valence-corrected chi connectivity index (χ3v) is 7.29. The number of carbonyl (C=O) groups excluding carboxylic acids is 2. The average Bonchev–Trinajstić information content (AvgIpc) is 3.07. The van der Waals surface area contributed by atoms with Crippen LogP contribution in [0.2, 0.25) is 0 Å². The second kappa shape index (κ2) is 9.61. The Balaban J connectivity index is 1.74. The highest BCUT2D eigenvalue weighted by Gasteiger charge is 2.36. The van der Waals surface area contributed by atoms with Crippen molar-refractivity contribution >= 4 is 17.4 Å². The van der Waals surface area contributed by atoms with E-state index in [1.165, 1.54) is 6.07 Å². The molecule has 36 heavy (non-hydrogen) atoms. The van der Waals surface area contributed by atoms with E-state index in [0.717, 1.165) is 37.9 Å². The third-order valence-electron chi connectivity index (χ3n) is 7.29. The SMILES string of the molecule is Cc1nn(-c2cc(F)c(C(N)=O)c(NC3CCCCC3NCC(C)(C)C)c2)c2c1C(=O)CC(C)(C)C2. The van der Waals surface area contributed by atoms with Crippen LogP contribution in [0.5, 0.6) is 0 Å². The van der Waals surface area contributed by atoms with E-state index in [0.29, 0.717) is 35.5 Å². The number of ketones is 1. The zero-order chi connectivity index (χ0) is 26.4. The van der Waals surface area contributed by atoms with E-state index in [2.05, 4.69) is 50.4 Å². The summed E-state index contributed by atoms with van der Waals surface area (Å²) in [6.45, 7) is 13.3. The number of nitrogens with two attached hydrogens (primary N) is 1. The number of rotatable bonds is 6. The van der Waals surface area contributed by atoms with Crippen LogP contribution in [0.3, 0.4) is 0 Å². The van der Waals surface area contributed by atoms with E-state index in [1.54, 1.807) is 10.7 Å². The van der Waals surface area contributed by atoms with E-state index in [9.17, 15) is 9.59 Å². The number of Topliss-reactive ketones (excluding diaryl/α,β-unsaturated/α-hetero) is 1. The lowest BCUT2D eigenvalue weighted by Gasteiger charge is -2.36. The Labute approximate surface area is 213 Å². The van der Waals surface area contributed by atoms with Crippen LogP contribution in [-0.4, -0.2) is 40.1 Å². The minimum absolute atomic E-state index is 0.0302. The van der Waals surface area contributed by atoms with Crippen LogP contribution in [-0.2, 0) is 6.42 Å². The normalized spacial score (nSPS) is 21.8. The van der Waals surface area contributed by atoms with Gasteiger partial charge in [-0.25, -0.2) is 9.07 Å². The van der Waals surface area contributed by atoms with Gasteiger partial charge in [0, 0.05) is 31.1 Å². The van der Waals surface area contributed by atoms with Crippen LogP contribution in [0.25, 0.3) is 5.69 Å². The molecular formula is C28H40FN5O2. The molecule has 1 saturated carbocycles. The van der Waals surface area contributed by atoms with Gasteiger partial charge in [-0.15, -0.1) is 0 Å². The van der Waals surface area contributed by atoms with Gasteiger partial charge in [-0.1, -0.05) is 47.5 Å². The molecule has 0 radical (unpaired) electrons. The van der Waals surface area contributed by atoms with Crippen LogP contribution < -0.4 is 16.4 Å². The summed E-state index contributed by atoms with van der Waals surface area (Å²) in [5, 5.41) is 11.8. The number of nitrogens with zero attached hydrogens (tertiary/aromatic N) is 2. The number of fused-ring (bicyclic) bond motifs is 1. The van der Waals surface area contributed by atoms with Gasteiger partial charge >= 0.3 is 0 Å². The number of hydrogen-bond acceptors (Lipinski definition) is 5. The molecule has 2 aromatic rings. The number of benzene rings is 1. The summed E-state index contributed by atoms with van der Waals surface area (Å²) in [4.78, 5) is 25.2. The first-order valence-electron chi connectivity index (χ1n) is 13.0. The molecule has 196 valence electrons. The number of aryl methyl sites for hydroxylation is 1. The van der Waals surface area contributed by atoms with Crippen molar-refractivity contribution in [2.24, 2.45) is 16.6 Å². The summed E-state index contributed by atoms with van der Waals surface area (Å²) < 4.78 is 17.1. The van der Waals surface area contributed by atoms with Crippen molar-refractivity contribution in [3.05, 3.63) is 40.5 Å². The molecule has 0 aliphatic heterocycles. The topological polar surface area (TPSA) is 102 Å². The number of aromatic nitrogens is 2. The molecule has 0 bridgehead atoms. The molecule has 0 saturated heterocycles. The first-order chi connectivity index (χ1) is 16.8. The van der Waals surface area contributed by atoms with Crippen LogP contribution >= 0.6 is 0 Å². The predicted molar refractivity (Wildman–Crippen MR) is 140 cm³/mol. The summed E-state index contributed by atoms with van der Waals surface area (Å²) in [5.74, 6) is -1.44. The van der Waals surface area contributed by atoms with Crippen molar-refractivity contribution in [2.75, 3.05) is 11.9 Å². The Hall–Kier alpha value is -2.74. The fourth-order valence-electron chi connectivity index (χ4n) is 5.62. The summed E-state index contributed by atoms with van der Waals surface area (Å²) in [6, 6.07) is 3.27. The lowest BCUT2D eigenvalue weighted by atomic mass is 9.75. The Bertz CT molecular complexity index is 1180. The van der Waals surface area contributed by atoms with Gasteiger partial charge in [0.25, 0.3) is 5.91 Å². The Morgan fingerprint density at radius 2 is 1.86 bits per heavy atom. The second-order valence-electron chi connectivity index (χ2n) is 12.6. The number of hydrogen-bond donors (Lipinski definition) is 3. The van der Waals surface area contributed by atoms with Crippen molar-refractivity contribution in [2.45, 2.75) is 92.2 Å². The maximum Gasteiger partial charge on any atom is 0.253 e. The Morgan fingerprint density at radius 1 is 1.19 bits per heavy atom. The summed E-state index contributed by atoms with van der Waals surface area (Å²) in [7, 11) is 0. The van der Waals surface area contributed by atoms with Gasteiger partial charge in [0.2, 0.25) is 0 Å². The summed E-state index contributed by atoms with van der Waals surface area (Å²) >= 11 is 0. The fourth-order valence-corrected chi connectivity index (χ4v) is 5.62. The maximum absolute atomic E-state index is 15.4. The molecule has 2 unspecified atom stereocenters. The van der Waals surface area contributed by atoms with Gasteiger partial charge in [-0.3, -0.25) is 9.59 Å². The monoisotopic (exact) mass is 497 g/mol. The fraction of sp³-hybridized carbons (Fsp3) is 0.607. The van der Waals surface area contributed by atoms with E-state index >= 15 is 4.39 Å². The molecule has 8 heteroatoms. The molecule has 2 atom stereocenters. The molecule has 1 aromatic heterocycles. The standard InChI is InChI=1S/C28H40FN5O2/c1-16-24-22(13-28(5,6)14-23(24)35)34(33-16)17-11-18(29)25(26(30)36)21(12-17)32-20-10-8-7-9-19(20)31-15-27(2,3)4/h11-12,19-20,31-32H,7-10,13-15H2,1-6H3,(H2,30,36). The summed E-state index contributed by atoms with van der Waals surface area (Å²) in [5.41, 5.74) is 8.30.